The smallest absolute Gasteiger partial charge is 0.331 e. The molecule has 0 spiro atoms. The fourth-order valence-electron chi connectivity index (χ4n) is 1.99. The molecule has 6 heteroatoms. The van der Waals surface area contributed by atoms with E-state index in [1.165, 1.54) is 37.0 Å². The summed E-state index contributed by atoms with van der Waals surface area (Å²) in [5.74, 6) is -0.908. The van der Waals surface area contributed by atoms with Crippen LogP contribution in [0.2, 0.25) is 24.2 Å². The molecular weight excluding hydrogens is 312 g/mol. The normalized spacial score (nSPS) is 11.9. The first kappa shape index (κ1) is 21.1. The van der Waals surface area contributed by atoms with E-state index in [2.05, 4.69) is 13.8 Å². The minimum Gasteiger partial charge on any atom is -0.463 e. The Balaban J connectivity index is 3.51. The van der Waals surface area contributed by atoms with Gasteiger partial charge in [-0.25, -0.2) is 9.59 Å². The van der Waals surface area contributed by atoms with Crippen molar-refractivity contribution >= 4 is 31.0 Å². The molecule has 0 aromatic rings. The summed E-state index contributed by atoms with van der Waals surface area (Å²) in [4.78, 5) is 22.8. The van der Waals surface area contributed by atoms with Gasteiger partial charge in [0, 0.05) is 31.2 Å². The molecule has 4 nitrogen and oxygen atoms in total. The van der Waals surface area contributed by atoms with Crippen molar-refractivity contribution in [2.24, 2.45) is 0 Å². The molecule has 0 atom stereocenters. The van der Waals surface area contributed by atoms with Gasteiger partial charge in [0.2, 0.25) is 0 Å². The van der Waals surface area contributed by atoms with Crippen LogP contribution in [0.5, 0.6) is 0 Å². The Morgan fingerprint density at radius 3 is 1.55 bits per heavy atom. The molecule has 22 heavy (non-hydrogen) atoms. The zero-order valence-electron chi connectivity index (χ0n) is 14.3. The summed E-state index contributed by atoms with van der Waals surface area (Å²) in [6, 6.07) is 5.16. The van der Waals surface area contributed by atoms with Gasteiger partial charge in [-0.05, 0) is 12.8 Å². The second-order valence-corrected chi connectivity index (χ2v) is 9.74. The topological polar surface area (TPSA) is 52.6 Å². The van der Waals surface area contributed by atoms with Gasteiger partial charge in [-0.15, -0.1) is 0 Å². The molecule has 0 aliphatic carbocycles. The molecule has 0 bridgehead atoms. The van der Waals surface area contributed by atoms with E-state index in [0.29, 0.717) is 13.2 Å². The lowest BCUT2D eigenvalue weighted by atomic mass is 10.4. The first-order chi connectivity index (χ1) is 10.7. The Morgan fingerprint density at radius 2 is 1.18 bits per heavy atom. The number of carbonyl (C=O) groups is 2. The standard InChI is InChI=1S/C16H32O4Si2/c1-3-11-21-13-5-9-19-15(17)7-8-16(18)20-10-6-14-22-12-4-2/h7-8H,3-6,9-14,21-22H2,1-2H3/b8-7+. The Labute approximate surface area is 139 Å². The summed E-state index contributed by atoms with van der Waals surface area (Å²) < 4.78 is 10.1. The lowest BCUT2D eigenvalue weighted by molar-refractivity contribution is -0.140. The van der Waals surface area contributed by atoms with Crippen LogP contribution in [0.25, 0.3) is 0 Å². The molecule has 0 N–H and O–H groups in total. The summed E-state index contributed by atoms with van der Waals surface area (Å²) in [6.07, 6.45) is 6.74. The van der Waals surface area contributed by atoms with E-state index in [9.17, 15) is 9.59 Å². The van der Waals surface area contributed by atoms with Crippen LogP contribution in [0, 0.1) is 0 Å². The highest BCUT2D eigenvalue weighted by atomic mass is 28.2. The molecule has 0 aliphatic rings. The fourth-order valence-corrected chi connectivity index (χ4v) is 4.81. The van der Waals surface area contributed by atoms with Crippen LogP contribution < -0.4 is 0 Å². The van der Waals surface area contributed by atoms with Crippen LogP contribution in [-0.4, -0.2) is 44.2 Å². The van der Waals surface area contributed by atoms with Crippen LogP contribution in [0.4, 0.5) is 0 Å². The Hall–Kier alpha value is -0.886. The SMILES string of the molecule is CCC[SiH2]CCCOC(=O)/C=C/C(=O)OCCC[SiH2]CCC. The first-order valence-corrected chi connectivity index (χ1v) is 12.7. The molecular formula is C16H32O4Si2. The predicted molar refractivity (Wildman–Crippen MR) is 97.2 cm³/mol. The van der Waals surface area contributed by atoms with Gasteiger partial charge in [0.05, 0.1) is 13.2 Å². The van der Waals surface area contributed by atoms with Crippen LogP contribution in [0.1, 0.15) is 39.5 Å². The minimum atomic E-state index is -0.454. The molecule has 0 fully saturated rings. The molecule has 0 saturated heterocycles. The van der Waals surface area contributed by atoms with Gasteiger partial charge in [0.15, 0.2) is 0 Å². The lowest BCUT2D eigenvalue weighted by Gasteiger charge is -2.02. The van der Waals surface area contributed by atoms with Gasteiger partial charge >= 0.3 is 11.9 Å². The van der Waals surface area contributed by atoms with Crippen LogP contribution in [-0.2, 0) is 19.1 Å². The average Bonchev–Trinajstić information content (AvgIpc) is 2.52. The molecule has 0 unspecified atom stereocenters. The fraction of sp³-hybridized carbons (Fsp3) is 0.750. The Morgan fingerprint density at radius 1 is 0.773 bits per heavy atom. The number of ether oxygens (including phenoxy) is 2. The molecule has 0 amide bonds. The zero-order valence-corrected chi connectivity index (χ0v) is 17.1. The Kier molecular flexibility index (Phi) is 15.8. The van der Waals surface area contributed by atoms with Crippen molar-refractivity contribution in [3.05, 3.63) is 12.2 Å². The van der Waals surface area contributed by atoms with E-state index in [0.717, 1.165) is 25.0 Å². The number of hydrogen-bond acceptors (Lipinski definition) is 4. The number of hydrogen-bond donors (Lipinski definition) is 0. The van der Waals surface area contributed by atoms with Crippen molar-refractivity contribution in [1.82, 2.24) is 0 Å². The van der Waals surface area contributed by atoms with Gasteiger partial charge in [-0.2, -0.15) is 0 Å². The van der Waals surface area contributed by atoms with Gasteiger partial charge < -0.3 is 9.47 Å². The van der Waals surface area contributed by atoms with Crippen molar-refractivity contribution in [1.29, 1.82) is 0 Å². The molecule has 128 valence electrons. The highest BCUT2D eigenvalue weighted by Crippen LogP contribution is 1.98. The molecule has 0 aromatic carbocycles. The maximum absolute atomic E-state index is 11.4. The zero-order chi connectivity index (χ0) is 16.5. The third kappa shape index (κ3) is 15.5. The van der Waals surface area contributed by atoms with Crippen molar-refractivity contribution < 1.29 is 19.1 Å². The van der Waals surface area contributed by atoms with Crippen molar-refractivity contribution in [3.8, 4) is 0 Å². The number of esters is 2. The van der Waals surface area contributed by atoms with E-state index < -0.39 is 11.9 Å². The summed E-state index contributed by atoms with van der Waals surface area (Å²) >= 11 is 0. The second kappa shape index (κ2) is 16.5. The lowest BCUT2D eigenvalue weighted by Crippen LogP contribution is -2.06. The summed E-state index contributed by atoms with van der Waals surface area (Å²) in [6.45, 7) is 5.31. The van der Waals surface area contributed by atoms with Crippen LogP contribution in [0.3, 0.4) is 0 Å². The highest BCUT2D eigenvalue weighted by molar-refractivity contribution is 6.35. The summed E-state index contributed by atoms with van der Waals surface area (Å²) in [5.41, 5.74) is 0. The quantitative estimate of drug-likeness (QED) is 0.210. The maximum Gasteiger partial charge on any atom is 0.331 e. The van der Waals surface area contributed by atoms with Gasteiger partial charge in [0.1, 0.15) is 0 Å². The second-order valence-electron chi connectivity index (χ2n) is 5.50. The summed E-state index contributed by atoms with van der Waals surface area (Å²) in [5, 5.41) is 0. The predicted octanol–water partition coefficient (Wildman–Crippen LogP) is 2.24. The van der Waals surface area contributed by atoms with E-state index in [1.54, 1.807) is 0 Å². The van der Waals surface area contributed by atoms with Crippen LogP contribution >= 0.6 is 0 Å². The van der Waals surface area contributed by atoms with Crippen molar-refractivity contribution in [2.45, 2.75) is 63.7 Å². The van der Waals surface area contributed by atoms with Gasteiger partial charge in [-0.1, -0.05) is 50.9 Å². The minimum absolute atomic E-state index is 0.0436. The molecule has 0 aromatic heterocycles. The molecule has 0 heterocycles. The monoisotopic (exact) mass is 344 g/mol. The van der Waals surface area contributed by atoms with Crippen LogP contribution in [0.15, 0.2) is 12.2 Å². The number of carbonyl (C=O) groups excluding carboxylic acids is 2. The third-order valence-corrected chi connectivity index (χ3v) is 7.75. The van der Waals surface area contributed by atoms with E-state index >= 15 is 0 Å². The largest absolute Gasteiger partial charge is 0.463 e. The molecule has 0 radical (unpaired) electrons. The maximum atomic E-state index is 11.4. The van der Waals surface area contributed by atoms with Gasteiger partial charge in [-0.3, -0.25) is 0 Å². The molecule has 0 rings (SSSR count). The summed E-state index contributed by atoms with van der Waals surface area (Å²) in [7, 11) is 0.0871. The first-order valence-electron chi connectivity index (χ1n) is 8.72. The highest BCUT2D eigenvalue weighted by Gasteiger charge is 2.01. The van der Waals surface area contributed by atoms with E-state index in [4.69, 9.17) is 9.47 Å². The molecule has 0 saturated carbocycles. The average molecular weight is 345 g/mol. The van der Waals surface area contributed by atoms with E-state index in [-0.39, 0.29) is 19.0 Å². The van der Waals surface area contributed by atoms with Crippen molar-refractivity contribution in [3.63, 3.8) is 0 Å². The third-order valence-electron chi connectivity index (χ3n) is 3.34. The number of rotatable bonds is 14. The van der Waals surface area contributed by atoms with Crippen molar-refractivity contribution in [2.75, 3.05) is 13.2 Å². The molecule has 0 aliphatic heterocycles. The van der Waals surface area contributed by atoms with Gasteiger partial charge in [0.25, 0.3) is 0 Å². The van der Waals surface area contributed by atoms with E-state index in [1.807, 2.05) is 0 Å². The Bertz CT molecular complexity index is 289.